The number of dihydropyridines is 1. The van der Waals surface area contributed by atoms with Crippen molar-refractivity contribution in [2.45, 2.75) is 82.8 Å². The van der Waals surface area contributed by atoms with Crippen LogP contribution in [0.3, 0.4) is 0 Å². The SMILES string of the molecule is CCN[C@H](COc1cc([C@H]2O[C@@H](CCc3ccc(O)c(OCNC[C@H](C)O)c3)C[C@H](O)[C@@H]2CCO)cc(OC)c1O)[C@H](CC(=O)O)CC1=CCNC(N)=C1. The first-order valence-corrected chi connectivity index (χ1v) is 18.6. The van der Waals surface area contributed by atoms with E-state index in [1.165, 1.54) is 7.11 Å². The van der Waals surface area contributed by atoms with Crippen LogP contribution >= 0.6 is 0 Å². The molecule has 11 N–H and O–H groups in total. The molecule has 1 saturated heterocycles. The number of phenols is 2. The van der Waals surface area contributed by atoms with E-state index in [0.29, 0.717) is 62.5 Å². The van der Waals surface area contributed by atoms with E-state index < -0.39 is 36.2 Å². The van der Waals surface area contributed by atoms with Gasteiger partial charge in [-0.2, -0.15) is 0 Å². The van der Waals surface area contributed by atoms with Crippen LogP contribution in [0.5, 0.6) is 28.7 Å². The van der Waals surface area contributed by atoms with E-state index in [4.69, 9.17) is 24.7 Å². The molecule has 300 valence electrons. The number of allylic oxidation sites excluding steroid dienone is 2. The van der Waals surface area contributed by atoms with Crippen molar-refractivity contribution in [2.75, 3.05) is 46.7 Å². The van der Waals surface area contributed by atoms with E-state index in [-0.39, 0.29) is 67.8 Å². The lowest BCUT2D eigenvalue weighted by molar-refractivity contribution is -0.144. The number of hydrogen-bond acceptors (Lipinski definition) is 14. The van der Waals surface area contributed by atoms with Crippen molar-refractivity contribution in [3.8, 4) is 28.7 Å². The molecule has 1 fully saturated rings. The lowest BCUT2D eigenvalue weighted by Crippen LogP contribution is -2.42. The molecule has 0 aromatic heterocycles. The molecule has 15 nitrogen and oxygen atoms in total. The van der Waals surface area contributed by atoms with Crippen LogP contribution in [0.4, 0.5) is 0 Å². The standard InChI is InChI=1S/C39H58N4O11/c1-4-42-30(26(18-37(48)49)13-25-9-11-43-36(40)15-25)21-52-35-17-27(16-34(51-3)38(35)50)39-29(10-12-44)32(47)19-28(54-39)7-5-24-6-8-31(46)33(14-24)53-22-41-20-23(2)45/h6,8-9,14-17,23,26,28-30,32,39,41-47,50H,4-5,7,10-13,18-22,40H2,1-3H3,(H,48,49)/t23-,26-,28-,29-,30+,32-,39+/m0/s1. The number of aliphatic carboxylic acids is 1. The Hall–Kier alpha value is -4.25. The van der Waals surface area contributed by atoms with E-state index in [9.17, 15) is 35.4 Å². The van der Waals surface area contributed by atoms with Crippen LogP contribution in [0, 0.1) is 11.8 Å². The zero-order chi connectivity index (χ0) is 39.2. The fraction of sp³-hybridized carbons (Fsp3) is 0.564. The van der Waals surface area contributed by atoms with Crippen molar-refractivity contribution in [1.29, 1.82) is 0 Å². The summed E-state index contributed by atoms with van der Waals surface area (Å²) in [5, 5.41) is 71.3. The maximum absolute atomic E-state index is 11.9. The first-order chi connectivity index (χ1) is 25.9. The third kappa shape index (κ3) is 12.4. The molecule has 54 heavy (non-hydrogen) atoms. The van der Waals surface area contributed by atoms with E-state index in [2.05, 4.69) is 16.0 Å². The molecule has 0 radical (unpaired) electrons. The number of carboxylic acid groups (broad SMARTS) is 1. The van der Waals surface area contributed by atoms with Crippen molar-refractivity contribution in [1.82, 2.24) is 16.0 Å². The van der Waals surface area contributed by atoms with Gasteiger partial charge in [0.15, 0.2) is 23.0 Å². The third-order valence-corrected chi connectivity index (χ3v) is 9.75. The van der Waals surface area contributed by atoms with Crippen molar-refractivity contribution in [3.05, 3.63) is 65.0 Å². The van der Waals surface area contributed by atoms with Gasteiger partial charge in [-0.25, -0.2) is 0 Å². The van der Waals surface area contributed by atoms with Crippen LogP contribution in [0.2, 0.25) is 0 Å². The molecule has 0 spiro atoms. The highest BCUT2D eigenvalue weighted by molar-refractivity contribution is 5.67. The number of phenolic OH excluding ortho intramolecular Hbond substituents is 2. The van der Waals surface area contributed by atoms with Gasteiger partial charge in [0.2, 0.25) is 5.75 Å². The largest absolute Gasteiger partial charge is 0.504 e. The van der Waals surface area contributed by atoms with Crippen LogP contribution in [-0.4, -0.2) is 108 Å². The molecule has 0 aliphatic carbocycles. The lowest BCUT2D eigenvalue weighted by Gasteiger charge is -2.40. The van der Waals surface area contributed by atoms with Crippen LogP contribution < -0.4 is 35.9 Å². The predicted molar refractivity (Wildman–Crippen MR) is 201 cm³/mol. The molecular weight excluding hydrogens is 700 g/mol. The molecule has 0 bridgehead atoms. The second-order valence-electron chi connectivity index (χ2n) is 14.0. The summed E-state index contributed by atoms with van der Waals surface area (Å²) in [7, 11) is 1.42. The zero-order valence-electron chi connectivity index (χ0n) is 31.4. The molecule has 2 aromatic carbocycles. The average molecular weight is 759 g/mol. The van der Waals surface area contributed by atoms with Gasteiger partial charge in [0.05, 0.1) is 43.8 Å². The Balaban J connectivity index is 1.53. The maximum Gasteiger partial charge on any atom is 0.303 e. The molecule has 2 heterocycles. The number of nitrogens with one attached hydrogen (secondary N) is 3. The van der Waals surface area contributed by atoms with Crippen LogP contribution in [0.15, 0.2) is 53.9 Å². The number of likely N-dealkylation sites (N-methyl/N-ethyl adjacent to an activating group) is 1. The summed E-state index contributed by atoms with van der Waals surface area (Å²) in [5.41, 5.74) is 8.36. The number of rotatable bonds is 22. The minimum atomic E-state index is -0.946. The van der Waals surface area contributed by atoms with Crippen molar-refractivity contribution < 1.29 is 54.4 Å². The minimum Gasteiger partial charge on any atom is -0.504 e. The van der Waals surface area contributed by atoms with Crippen LogP contribution in [0.1, 0.15) is 63.2 Å². The zero-order valence-corrected chi connectivity index (χ0v) is 31.4. The van der Waals surface area contributed by atoms with Gasteiger partial charge in [0, 0.05) is 31.7 Å². The highest BCUT2D eigenvalue weighted by Gasteiger charge is 2.39. The third-order valence-electron chi connectivity index (χ3n) is 9.75. The summed E-state index contributed by atoms with van der Waals surface area (Å²) in [6.45, 7) is 4.99. The normalized spacial score (nSPS) is 21.6. The number of aliphatic hydroxyl groups is 3. The Morgan fingerprint density at radius 3 is 2.59 bits per heavy atom. The number of benzene rings is 2. The topological polar surface area (TPSA) is 237 Å². The quantitative estimate of drug-likeness (QED) is 0.0613. The lowest BCUT2D eigenvalue weighted by atomic mass is 9.82. The number of nitrogens with two attached hydrogens (primary N) is 1. The first kappa shape index (κ1) is 42.5. The van der Waals surface area contributed by atoms with Crippen molar-refractivity contribution in [2.24, 2.45) is 17.6 Å². The second kappa shape index (κ2) is 21.0. The molecule has 15 heteroatoms. The summed E-state index contributed by atoms with van der Waals surface area (Å²) < 4.78 is 24.1. The summed E-state index contributed by atoms with van der Waals surface area (Å²) in [6, 6.07) is 7.97. The predicted octanol–water partition coefficient (Wildman–Crippen LogP) is 2.40. The van der Waals surface area contributed by atoms with Gasteiger partial charge in [0.25, 0.3) is 0 Å². The van der Waals surface area contributed by atoms with E-state index in [1.807, 2.05) is 13.0 Å². The van der Waals surface area contributed by atoms with Gasteiger partial charge < -0.3 is 66.0 Å². The highest BCUT2D eigenvalue weighted by atomic mass is 16.5. The van der Waals surface area contributed by atoms with E-state index >= 15 is 0 Å². The number of ether oxygens (including phenoxy) is 4. The molecule has 0 saturated carbocycles. The van der Waals surface area contributed by atoms with Gasteiger partial charge in [-0.1, -0.05) is 19.1 Å². The van der Waals surface area contributed by atoms with Gasteiger partial charge >= 0.3 is 5.97 Å². The number of aryl methyl sites for hydroxylation is 1. The Labute approximate surface area is 316 Å². The Morgan fingerprint density at radius 2 is 1.91 bits per heavy atom. The van der Waals surface area contributed by atoms with Crippen LogP contribution in [-0.2, 0) is 16.0 Å². The maximum atomic E-state index is 11.9. The van der Waals surface area contributed by atoms with E-state index in [0.717, 1.165) is 11.1 Å². The fourth-order valence-corrected chi connectivity index (χ4v) is 7.04. The molecule has 7 atom stereocenters. The number of methoxy groups -OCH3 is 1. The molecule has 4 rings (SSSR count). The van der Waals surface area contributed by atoms with Gasteiger partial charge in [-0.05, 0) is 98.5 Å². The number of aromatic hydroxyl groups is 2. The highest BCUT2D eigenvalue weighted by Crippen LogP contribution is 2.45. The fourth-order valence-electron chi connectivity index (χ4n) is 7.04. The summed E-state index contributed by atoms with van der Waals surface area (Å²) >= 11 is 0. The smallest absolute Gasteiger partial charge is 0.303 e. The molecule has 2 aliphatic rings. The molecule has 0 amide bonds. The number of hydrogen-bond donors (Lipinski definition) is 10. The summed E-state index contributed by atoms with van der Waals surface area (Å²) in [4.78, 5) is 11.9. The van der Waals surface area contributed by atoms with Crippen LogP contribution in [0.25, 0.3) is 0 Å². The van der Waals surface area contributed by atoms with Crippen molar-refractivity contribution in [3.63, 3.8) is 0 Å². The Morgan fingerprint density at radius 1 is 1.13 bits per heavy atom. The van der Waals surface area contributed by atoms with Gasteiger partial charge in [-0.15, -0.1) is 0 Å². The number of carboxylic acids is 1. The second-order valence-corrected chi connectivity index (χ2v) is 14.0. The first-order valence-electron chi connectivity index (χ1n) is 18.6. The van der Waals surface area contributed by atoms with Crippen molar-refractivity contribution >= 4 is 5.97 Å². The molecule has 2 aliphatic heterocycles. The Bertz CT molecular complexity index is 1570. The monoisotopic (exact) mass is 758 g/mol. The molecular formula is C39H58N4O11. The molecule has 0 unspecified atom stereocenters. The average Bonchev–Trinajstić information content (AvgIpc) is 3.13. The minimum absolute atomic E-state index is 0.0103. The number of carbonyl (C=O) groups is 1. The summed E-state index contributed by atoms with van der Waals surface area (Å²) in [6.07, 6.45) is 3.40. The molecule has 2 aromatic rings. The summed E-state index contributed by atoms with van der Waals surface area (Å²) in [5.74, 6) is -0.969. The number of aliphatic hydroxyl groups excluding tert-OH is 3. The van der Waals surface area contributed by atoms with Gasteiger partial charge in [0.1, 0.15) is 13.3 Å². The van der Waals surface area contributed by atoms with E-state index in [1.54, 1.807) is 43.3 Å². The Kier molecular flexibility index (Phi) is 16.5. The van der Waals surface area contributed by atoms with Gasteiger partial charge in [-0.3, -0.25) is 10.1 Å².